The zero-order valence-electron chi connectivity index (χ0n) is 8.45. The van der Waals surface area contributed by atoms with E-state index in [2.05, 4.69) is 4.98 Å². The molecule has 2 aromatic rings. The van der Waals surface area contributed by atoms with Gasteiger partial charge in [-0.05, 0) is 25.1 Å². The highest BCUT2D eigenvalue weighted by Gasteiger charge is 2.09. The number of benzene rings is 1. The lowest BCUT2D eigenvalue weighted by molar-refractivity contribution is 0.416. The zero-order valence-corrected chi connectivity index (χ0v) is 10.0. The molecule has 1 aromatic carbocycles. The number of rotatable bonds is 2. The van der Waals surface area contributed by atoms with Gasteiger partial charge in [0.25, 0.3) is 0 Å². The number of hydrogen-bond donors (Lipinski definition) is 0. The Morgan fingerprint density at radius 3 is 2.80 bits per heavy atom. The summed E-state index contributed by atoms with van der Waals surface area (Å²) in [6.45, 7) is 2.03. The Labute approximate surface area is 97.5 Å². The predicted molar refractivity (Wildman–Crippen MR) is 63.8 cm³/mol. The second-order valence-corrected chi connectivity index (χ2v) is 4.79. The molecule has 0 fully saturated rings. The number of halogens is 1. The molecule has 0 saturated carbocycles. The van der Waals surface area contributed by atoms with Crippen LogP contribution in [0.3, 0.4) is 0 Å². The van der Waals surface area contributed by atoms with E-state index in [-0.39, 0.29) is 0 Å². The van der Waals surface area contributed by atoms with Crippen LogP contribution in [0.4, 0.5) is 0 Å². The normalized spacial score (nSPS) is 10.3. The molecule has 0 N–H and O–H groups in total. The van der Waals surface area contributed by atoms with Crippen molar-refractivity contribution in [1.82, 2.24) is 4.98 Å². The molecule has 2 nitrogen and oxygen atoms in total. The highest BCUT2D eigenvalue weighted by molar-refractivity contribution is 7.15. The van der Waals surface area contributed by atoms with Crippen LogP contribution in [0.25, 0.3) is 10.6 Å². The van der Waals surface area contributed by atoms with Gasteiger partial charge in [-0.25, -0.2) is 4.98 Å². The smallest absolute Gasteiger partial charge is 0.130 e. The van der Waals surface area contributed by atoms with Crippen LogP contribution in [0.1, 0.15) is 4.88 Å². The summed E-state index contributed by atoms with van der Waals surface area (Å²) in [5.74, 6) is 0.761. The van der Waals surface area contributed by atoms with Crippen molar-refractivity contribution in [3.05, 3.63) is 34.3 Å². The lowest BCUT2D eigenvalue weighted by atomic mass is 10.2. The molecular weight excluding hydrogens is 230 g/mol. The fourth-order valence-corrected chi connectivity index (χ4v) is 2.28. The fraction of sp³-hybridized carbons (Fsp3) is 0.182. The van der Waals surface area contributed by atoms with Crippen LogP contribution in [0.2, 0.25) is 5.02 Å². The number of aromatic nitrogens is 1. The van der Waals surface area contributed by atoms with Crippen LogP contribution in [-0.2, 0) is 0 Å². The minimum Gasteiger partial charge on any atom is -0.496 e. The number of aryl methyl sites for hydroxylation is 1. The van der Waals surface area contributed by atoms with Gasteiger partial charge in [-0.1, -0.05) is 11.6 Å². The number of methoxy groups -OCH3 is 1. The van der Waals surface area contributed by atoms with Crippen molar-refractivity contribution >= 4 is 22.9 Å². The van der Waals surface area contributed by atoms with Crippen LogP contribution in [-0.4, -0.2) is 12.1 Å². The van der Waals surface area contributed by atoms with Crippen molar-refractivity contribution in [2.75, 3.05) is 7.11 Å². The molecule has 0 aliphatic carbocycles. The van der Waals surface area contributed by atoms with Gasteiger partial charge in [0.1, 0.15) is 10.8 Å². The molecule has 0 atom stereocenters. The summed E-state index contributed by atoms with van der Waals surface area (Å²) in [4.78, 5) is 5.50. The van der Waals surface area contributed by atoms with Gasteiger partial charge in [0.15, 0.2) is 0 Å². The van der Waals surface area contributed by atoms with Crippen LogP contribution < -0.4 is 4.74 Å². The first-order valence-electron chi connectivity index (χ1n) is 4.47. The van der Waals surface area contributed by atoms with E-state index in [0.29, 0.717) is 5.02 Å². The monoisotopic (exact) mass is 239 g/mol. The summed E-state index contributed by atoms with van der Waals surface area (Å²) >= 11 is 7.53. The van der Waals surface area contributed by atoms with Crippen LogP contribution in [0, 0.1) is 6.92 Å². The van der Waals surface area contributed by atoms with Crippen molar-refractivity contribution in [3.8, 4) is 16.3 Å². The van der Waals surface area contributed by atoms with Crippen LogP contribution in [0.15, 0.2) is 24.4 Å². The minimum atomic E-state index is 0.670. The molecule has 0 spiro atoms. The molecule has 15 heavy (non-hydrogen) atoms. The highest BCUT2D eigenvalue weighted by Crippen LogP contribution is 2.34. The first-order valence-corrected chi connectivity index (χ1v) is 5.66. The third kappa shape index (κ3) is 2.13. The molecule has 78 valence electrons. The molecule has 0 aliphatic heterocycles. The van der Waals surface area contributed by atoms with E-state index < -0.39 is 0 Å². The molecule has 4 heteroatoms. The van der Waals surface area contributed by atoms with E-state index in [1.165, 1.54) is 4.88 Å². The Kier molecular flexibility index (Phi) is 2.93. The predicted octanol–water partition coefficient (Wildman–Crippen LogP) is 3.78. The topological polar surface area (TPSA) is 22.1 Å². The first-order chi connectivity index (χ1) is 7.20. The zero-order chi connectivity index (χ0) is 10.8. The van der Waals surface area contributed by atoms with E-state index in [1.54, 1.807) is 24.5 Å². The Balaban J connectivity index is 2.52. The van der Waals surface area contributed by atoms with Crippen LogP contribution in [0.5, 0.6) is 5.75 Å². The SMILES string of the molecule is COc1cc(Cl)ccc1-c1ncc(C)s1. The van der Waals surface area contributed by atoms with Gasteiger partial charge in [-0.3, -0.25) is 0 Å². The van der Waals surface area contributed by atoms with E-state index in [9.17, 15) is 0 Å². The Morgan fingerprint density at radius 2 is 2.20 bits per heavy atom. The highest BCUT2D eigenvalue weighted by atomic mass is 35.5. The molecule has 0 amide bonds. The van der Waals surface area contributed by atoms with Crippen molar-refractivity contribution in [3.63, 3.8) is 0 Å². The molecule has 0 saturated heterocycles. The molecule has 0 bridgehead atoms. The van der Waals surface area contributed by atoms with E-state index >= 15 is 0 Å². The Hall–Kier alpha value is -1.06. The largest absolute Gasteiger partial charge is 0.496 e. The second-order valence-electron chi connectivity index (χ2n) is 3.12. The quantitative estimate of drug-likeness (QED) is 0.796. The fourth-order valence-electron chi connectivity index (χ4n) is 1.32. The lowest BCUT2D eigenvalue weighted by Crippen LogP contribution is -1.86. The maximum absolute atomic E-state index is 5.89. The van der Waals surface area contributed by atoms with Gasteiger partial charge in [0.05, 0.1) is 12.7 Å². The van der Waals surface area contributed by atoms with Crippen molar-refractivity contribution < 1.29 is 4.74 Å². The summed E-state index contributed by atoms with van der Waals surface area (Å²) in [7, 11) is 1.63. The van der Waals surface area contributed by atoms with Crippen LogP contribution >= 0.6 is 22.9 Å². The maximum Gasteiger partial charge on any atom is 0.130 e. The number of ether oxygens (including phenoxy) is 1. The van der Waals surface area contributed by atoms with Gasteiger partial charge < -0.3 is 4.74 Å². The molecule has 2 rings (SSSR count). The van der Waals surface area contributed by atoms with Gasteiger partial charge in [-0.15, -0.1) is 11.3 Å². The number of thiazole rings is 1. The summed E-state index contributed by atoms with van der Waals surface area (Å²) in [6, 6.07) is 5.57. The summed E-state index contributed by atoms with van der Waals surface area (Å²) in [5.41, 5.74) is 0.986. The third-order valence-corrected chi connectivity index (χ3v) is 3.20. The van der Waals surface area contributed by atoms with Crippen molar-refractivity contribution in [1.29, 1.82) is 0 Å². The minimum absolute atomic E-state index is 0.670. The lowest BCUT2D eigenvalue weighted by Gasteiger charge is -2.05. The van der Waals surface area contributed by atoms with E-state index in [1.807, 2.05) is 25.3 Å². The average molecular weight is 240 g/mol. The molecule has 1 heterocycles. The summed E-state index contributed by atoms with van der Waals surface area (Å²) in [6.07, 6.45) is 1.86. The Bertz CT molecular complexity index is 481. The van der Waals surface area contributed by atoms with Gasteiger partial charge >= 0.3 is 0 Å². The number of nitrogens with zero attached hydrogens (tertiary/aromatic N) is 1. The number of hydrogen-bond acceptors (Lipinski definition) is 3. The molecule has 0 aliphatic rings. The molecular formula is C11H10ClNOS. The van der Waals surface area contributed by atoms with Gasteiger partial charge in [0, 0.05) is 16.1 Å². The van der Waals surface area contributed by atoms with Crippen molar-refractivity contribution in [2.45, 2.75) is 6.92 Å². The Morgan fingerprint density at radius 1 is 1.40 bits per heavy atom. The molecule has 0 unspecified atom stereocenters. The van der Waals surface area contributed by atoms with E-state index in [4.69, 9.17) is 16.3 Å². The molecule has 0 radical (unpaired) electrons. The first kappa shape index (κ1) is 10.5. The summed E-state index contributed by atoms with van der Waals surface area (Å²) < 4.78 is 5.27. The van der Waals surface area contributed by atoms with Gasteiger partial charge in [0.2, 0.25) is 0 Å². The van der Waals surface area contributed by atoms with E-state index in [0.717, 1.165) is 16.3 Å². The second kappa shape index (κ2) is 4.21. The maximum atomic E-state index is 5.89. The summed E-state index contributed by atoms with van der Waals surface area (Å²) in [5, 5.41) is 1.63. The molecule has 1 aromatic heterocycles. The van der Waals surface area contributed by atoms with Crippen molar-refractivity contribution in [2.24, 2.45) is 0 Å². The standard InChI is InChI=1S/C11H10ClNOS/c1-7-6-13-11(15-7)9-4-3-8(12)5-10(9)14-2/h3-6H,1-2H3. The third-order valence-electron chi connectivity index (χ3n) is 2.02. The van der Waals surface area contributed by atoms with Gasteiger partial charge in [-0.2, -0.15) is 0 Å². The average Bonchev–Trinajstić information content (AvgIpc) is 2.64.